The van der Waals surface area contributed by atoms with E-state index in [2.05, 4.69) is 26.8 Å². The predicted octanol–water partition coefficient (Wildman–Crippen LogP) is 3.67. The quantitative estimate of drug-likeness (QED) is 0.644. The van der Waals surface area contributed by atoms with E-state index in [1.807, 2.05) is 0 Å². The molecular weight excluding hydrogens is 160 g/mol. The Kier molecular flexibility index (Phi) is 3.58. The summed E-state index contributed by atoms with van der Waals surface area (Å²) in [6.45, 7) is 6.67. The molecule has 0 aromatic heterocycles. The number of ether oxygens (including phenoxy) is 1. The van der Waals surface area contributed by atoms with Crippen LogP contribution in [0.1, 0.15) is 40.0 Å². The third-order valence-corrected chi connectivity index (χ3v) is 2.67. The van der Waals surface area contributed by atoms with Crippen LogP contribution >= 0.6 is 0 Å². The normalized spacial score (nSPS) is 17.8. The van der Waals surface area contributed by atoms with E-state index in [4.69, 9.17) is 4.74 Å². The molecule has 0 aromatic carbocycles. The SMILES string of the molecule is CCC1=CCCC(C(C)C)=C1OC. The van der Waals surface area contributed by atoms with Gasteiger partial charge >= 0.3 is 0 Å². The van der Waals surface area contributed by atoms with Crippen molar-refractivity contribution in [3.05, 3.63) is 23.0 Å². The molecule has 0 fully saturated rings. The third-order valence-electron chi connectivity index (χ3n) is 2.67. The van der Waals surface area contributed by atoms with Crippen LogP contribution in [0.3, 0.4) is 0 Å². The Labute approximate surface area is 81.5 Å². The van der Waals surface area contributed by atoms with Crippen molar-refractivity contribution in [2.24, 2.45) is 5.92 Å². The van der Waals surface area contributed by atoms with Crippen LogP contribution in [0.2, 0.25) is 0 Å². The molecule has 0 bridgehead atoms. The first-order valence-electron chi connectivity index (χ1n) is 5.17. The number of hydrogen-bond acceptors (Lipinski definition) is 1. The monoisotopic (exact) mass is 180 g/mol. The lowest BCUT2D eigenvalue weighted by Crippen LogP contribution is -2.07. The van der Waals surface area contributed by atoms with Crippen molar-refractivity contribution in [2.45, 2.75) is 40.0 Å². The first-order valence-corrected chi connectivity index (χ1v) is 5.17. The molecule has 0 aromatic rings. The molecule has 1 heteroatoms. The Bertz CT molecular complexity index is 234. The smallest absolute Gasteiger partial charge is 0.121 e. The van der Waals surface area contributed by atoms with Crippen LogP contribution in [0.4, 0.5) is 0 Å². The molecule has 1 aliphatic rings. The van der Waals surface area contributed by atoms with Crippen LogP contribution in [-0.4, -0.2) is 7.11 Å². The van der Waals surface area contributed by atoms with Crippen LogP contribution in [0.5, 0.6) is 0 Å². The molecule has 0 amide bonds. The molecule has 0 aliphatic heterocycles. The van der Waals surface area contributed by atoms with Gasteiger partial charge in [-0.05, 0) is 36.3 Å². The Morgan fingerprint density at radius 3 is 2.62 bits per heavy atom. The lowest BCUT2D eigenvalue weighted by molar-refractivity contribution is 0.285. The zero-order valence-corrected chi connectivity index (χ0v) is 9.18. The molecule has 1 rings (SSSR count). The van der Waals surface area contributed by atoms with Gasteiger partial charge in [0.05, 0.1) is 7.11 Å². The van der Waals surface area contributed by atoms with Crippen LogP contribution in [-0.2, 0) is 4.74 Å². The van der Waals surface area contributed by atoms with E-state index < -0.39 is 0 Å². The molecular formula is C12H20O. The lowest BCUT2D eigenvalue weighted by Gasteiger charge is -2.22. The van der Waals surface area contributed by atoms with Gasteiger partial charge < -0.3 is 4.74 Å². The average molecular weight is 180 g/mol. The lowest BCUT2D eigenvalue weighted by atomic mass is 9.89. The van der Waals surface area contributed by atoms with Gasteiger partial charge in [-0.2, -0.15) is 0 Å². The van der Waals surface area contributed by atoms with Crippen molar-refractivity contribution in [3.8, 4) is 0 Å². The molecule has 0 saturated heterocycles. The summed E-state index contributed by atoms with van der Waals surface area (Å²) in [5, 5.41) is 0. The highest BCUT2D eigenvalue weighted by atomic mass is 16.5. The second-order valence-electron chi connectivity index (χ2n) is 3.83. The standard InChI is InChI=1S/C12H20O/c1-5-10-7-6-8-11(9(2)3)12(10)13-4/h7,9H,5-6,8H2,1-4H3. The van der Waals surface area contributed by atoms with Crippen LogP contribution in [0, 0.1) is 5.92 Å². The molecule has 1 aliphatic carbocycles. The first-order chi connectivity index (χ1) is 6.20. The van der Waals surface area contributed by atoms with Gasteiger partial charge in [-0.3, -0.25) is 0 Å². The predicted molar refractivity (Wildman–Crippen MR) is 56.5 cm³/mol. The van der Waals surface area contributed by atoms with Gasteiger partial charge in [0.15, 0.2) is 0 Å². The third kappa shape index (κ3) is 2.15. The largest absolute Gasteiger partial charge is 0.497 e. The minimum atomic E-state index is 0.616. The van der Waals surface area contributed by atoms with Crippen molar-refractivity contribution < 1.29 is 4.74 Å². The molecule has 0 radical (unpaired) electrons. The second kappa shape index (κ2) is 4.50. The highest BCUT2D eigenvalue weighted by molar-refractivity contribution is 5.34. The fourth-order valence-corrected chi connectivity index (χ4v) is 1.93. The minimum absolute atomic E-state index is 0.616. The van der Waals surface area contributed by atoms with E-state index in [1.165, 1.54) is 24.0 Å². The van der Waals surface area contributed by atoms with Crippen molar-refractivity contribution in [3.63, 3.8) is 0 Å². The van der Waals surface area contributed by atoms with Crippen LogP contribution in [0.15, 0.2) is 23.0 Å². The first kappa shape index (κ1) is 10.4. The van der Waals surface area contributed by atoms with Gasteiger partial charge in [0.2, 0.25) is 0 Å². The van der Waals surface area contributed by atoms with Gasteiger partial charge in [0.25, 0.3) is 0 Å². The summed E-state index contributed by atoms with van der Waals surface area (Å²) in [7, 11) is 1.78. The van der Waals surface area contributed by atoms with Crippen molar-refractivity contribution in [1.82, 2.24) is 0 Å². The maximum atomic E-state index is 5.48. The second-order valence-corrected chi connectivity index (χ2v) is 3.83. The number of hydrogen-bond donors (Lipinski definition) is 0. The Morgan fingerprint density at radius 2 is 2.15 bits per heavy atom. The Balaban J connectivity index is 2.97. The molecule has 74 valence electrons. The topological polar surface area (TPSA) is 9.23 Å². The van der Waals surface area contributed by atoms with E-state index in [9.17, 15) is 0 Å². The number of methoxy groups -OCH3 is 1. The molecule has 0 spiro atoms. The van der Waals surface area contributed by atoms with E-state index >= 15 is 0 Å². The number of allylic oxidation sites excluding steroid dienone is 3. The zero-order valence-electron chi connectivity index (χ0n) is 9.18. The number of rotatable bonds is 3. The molecule has 1 nitrogen and oxygen atoms in total. The summed E-state index contributed by atoms with van der Waals surface area (Å²) >= 11 is 0. The van der Waals surface area contributed by atoms with Crippen molar-refractivity contribution >= 4 is 0 Å². The summed E-state index contributed by atoms with van der Waals surface area (Å²) < 4.78 is 5.48. The average Bonchev–Trinajstić information content (AvgIpc) is 2.16. The maximum Gasteiger partial charge on any atom is 0.121 e. The molecule has 0 unspecified atom stereocenters. The molecule has 0 heterocycles. The Hall–Kier alpha value is -0.720. The Morgan fingerprint density at radius 1 is 1.46 bits per heavy atom. The fraction of sp³-hybridized carbons (Fsp3) is 0.667. The summed E-state index contributed by atoms with van der Waals surface area (Å²) in [5.74, 6) is 1.77. The van der Waals surface area contributed by atoms with Gasteiger partial charge in [-0.1, -0.05) is 26.8 Å². The maximum absolute atomic E-state index is 5.48. The van der Waals surface area contributed by atoms with Crippen molar-refractivity contribution in [1.29, 1.82) is 0 Å². The van der Waals surface area contributed by atoms with E-state index in [0.29, 0.717) is 5.92 Å². The summed E-state index contributed by atoms with van der Waals surface area (Å²) in [6, 6.07) is 0. The molecule has 0 saturated carbocycles. The highest BCUT2D eigenvalue weighted by Crippen LogP contribution is 2.31. The van der Waals surface area contributed by atoms with Gasteiger partial charge in [0, 0.05) is 0 Å². The molecule has 0 N–H and O–H groups in total. The van der Waals surface area contributed by atoms with Crippen molar-refractivity contribution in [2.75, 3.05) is 7.11 Å². The van der Waals surface area contributed by atoms with Gasteiger partial charge in [-0.15, -0.1) is 0 Å². The van der Waals surface area contributed by atoms with Gasteiger partial charge in [0.1, 0.15) is 5.76 Å². The van der Waals surface area contributed by atoms with E-state index in [-0.39, 0.29) is 0 Å². The van der Waals surface area contributed by atoms with E-state index in [1.54, 1.807) is 7.11 Å². The fourth-order valence-electron chi connectivity index (χ4n) is 1.93. The molecule has 13 heavy (non-hydrogen) atoms. The summed E-state index contributed by atoms with van der Waals surface area (Å²) in [6.07, 6.45) is 5.75. The van der Waals surface area contributed by atoms with E-state index in [0.717, 1.165) is 12.2 Å². The van der Waals surface area contributed by atoms with Crippen LogP contribution in [0.25, 0.3) is 0 Å². The van der Waals surface area contributed by atoms with Crippen LogP contribution < -0.4 is 0 Å². The summed E-state index contributed by atoms with van der Waals surface area (Å²) in [5.41, 5.74) is 2.87. The van der Waals surface area contributed by atoms with Gasteiger partial charge in [-0.25, -0.2) is 0 Å². The summed E-state index contributed by atoms with van der Waals surface area (Å²) in [4.78, 5) is 0. The molecule has 0 atom stereocenters. The zero-order chi connectivity index (χ0) is 9.84. The minimum Gasteiger partial charge on any atom is -0.497 e. The highest BCUT2D eigenvalue weighted by Gasteiger charge is 2.17.